The lowest BCUT2D eigenvalue weighted by molar-refractivity contribution is -0.137. The highest BCUT2D eigenvalue weighted by Crippen LogP contribution is 2.29. The molecule has 2 aliphatic heterocycles. The number of para-hydroxylation sites is 1. The molecule has 0 bridgehead atoms. The fourth-order valence-corrected chi connectivity index (χ4v) is 3.85. The van der Waals surface area contributed by atoms with Crippen molar-refractivity contribution < 1.29 is 4.79 Å². The van der Waals surface area contributed by atoms with Crippen LogP contribution >= 0.6 is 11.3 Å². The summed E-state index contributed by atoms with van der Waals surface area (Å²) in [5.74, 6) is 0.525. The molecule has 1 N–H and O–H groups in total. The van der Waals surface area contributed by atoms with Gasteiger partial charge >= 0.3 is 0 Å². The maximum atomic E-state index is 12.2. The quantitative estimate of drug-likeness (QED) is 0.904. The number of aromatic nitrogens is 1. The van der Waals surface area contributed by atoms with E-state index in [9.17, 15) is 4.79 Å². The number of carbonyl (C=O) groups is 1. The highest BCUT2D eigenvalue weighted by atomic mass is 32.1. The predicted molar refractivity (Wildman–Crippen MR) is 84.8 cm³/mol. The lowest BCUT2D eigenvalue weighted by atomic mass is 10.0. The molecule has 21 heavy (non-hydrogen) atoms. The van der Waals surface area contributed by atoms with Crippen molar-refractivity contribution in [2.75, 3.05) is 44.2 Å². The van der Waals surface area contributed by atoms with Gasteiger partial charge < -0.3 is 15.1 Å². The van der Waals surface area contributed by atoms with Crippen LogP contribution in [0.1, 0.15) is 0 Å². The van der Waals surface area contributed by atoms with E-state index in [1.165, 1.54) is 4.70 Å². The summed E-state index contributed by atoms with van der Waals surface area (Å²) in [6, 6.07) is 8.24. The SMILES string of the molecule is O=C(C1CNC1)N1CCN(c2nc3ccccc3s2)CC1. The summed E-state index contributed by atoms with van der Waals surface area (Å²) in [5, 5.41) is 4.24. The molecule has 3 heterocycles. The number of hydrogen-bond acceptors (Lipinski definition) is 5. The van der Waals surface area contributed by atoms with Crippen LogP contribution in [0.4, 0.5) is 5.13 Å². The molecule has 2 aliphatic rings. The molecule has 110 valence electrons. The molecule has 0 radical (unpaired) electrons. The molecule has 0 atom stereocenters. The molecular weight excluding hydrogens is 284 g/mol. The Morgan fingerprint density at radius 1 is 1.19 bits per heavy atom. The third-order valence-electron chi connectivity index (χ3n) is 4.28. The topological polar surface area (TPSA) is 48.5 Å². The second kappa shape index (κ2) is 5.27. The highest BCUT2D eigenvalue weighted by molar-refractivity contribution is 7.22. The van der Waals surface area contributed by atoms with E-state index in [4.69, 9.17) is 4.98 Å². The zero-order valence-electron chi connectivity index (χ0n) is 11.8. The summed E-state index contributed by atoms with van der Waals surface area (Å²) in [7, 11) is 0. The van der Waals surface area contributed by atoms with Crippen molar-refractivity contribution in [2.24, 2.45) is 5.92 Å². The lowest BCUT2D eigenvalue weighted by Crippen LogP contribution is -2.56. The van der Waals surface area contributed by atoms with Crippen molar-refractivity contribution in [2.45, 2.75) is 0 Å². The molecule has 4 rings (SSSR count). The Hall–Kier alpha value is -1.66. The standard InChI is InChI=1S/C15H18N4OS/c20-14(11-9-16-10-11)18-5-7-19(8-6-18)15-17-12-3-1-2-4-13(12)21-15/h1-4,11,16H,5-10H2. The second-order valence-corrected chi connectivity index (χ2v) is 6.64. The third-order valence-corrected chi connectivity index (χ3v) is 5.37. The summed E-state index contributed by atoms with van der Waals surface area (Å²) in [6.07, 6.45) is 0. The number of hydrogen-bond donors (Lipinski definition) is 1. The predicted octanol–water partition coefficient (Wildman–Crippen LogP) is 1.16. The van der Waals surface area contributed by atoms with Gasteiger partial charge in [0.25, 0.3) is 0 Å². The Bertz CT molecular complexity index is 625. The van der Waals surface area contributed by atoms with Crippen molar-refractivity contribution >= 4 is 32.6 Å². The molecule has 0 spiro atoms. The minimum absolute atomic E-state index is 0.207. The largest absolute Gasteiger partial charge is 0.345 e. The number of carbonyl (C=O) groups excluding carboxylic acids is 1. The Morgan fingerprint density at radius 3 is 2.62 bits per heavy atom. The van der Waals surface area contributed by atoms with E-state index in [1.807, 2.05) is 17.0 Å². The van der Waals surface area contributed by atoms with Crippen molar-refractivity contribution in [1.82, 2.24) is 15.2 Å². The molecule has 2 fully saturated rings. The minimum atomic E-state index is 0.207. The van der Waals surface area contributed by atoms with E-state index in [2.05, 4.69) is 22.3 Å². The number of piperazine rings is 1. The molecule has 0 saturated carbocycles. The van der Waals surface area contributed by atoms with E-state index in [0.29, 0.717) is 5.91 Å². The van der Waals surface area contributed by atoms with Crippen LogP contribution in [0.15, 0.2) is 24.3 Å². The van der Waals surface area contributed by atoms with Crippen molar-refractivity contribution in [3.05, 3.63) is 24.3 Å². The lowest BCUT2D eigenvalue weighted by Gasteiger charge is -2.38. The molecule has 6 heteroatoms. The number of fused-ring (bicyclic) bond motifs is 1. The maximum Gasteiger partial charge on any atom is 0.228 e. The van der Waals surface area contributed by atoms with Gasteiger partial charge in [0.1, 0.15) is 0 Å². The summed E-state index contributed by atoms with van der Waals surface area (Å²) >= 11 is 1.74. The van der Waals surface area contributed by atoms with Gasteiger partial charge in [-0.15, -0.1) is 0 Å². The Morgan fingerprint density at radius 2 is 1.95 bits per heavy atom. The average molecular weight is 302 g/mol. The van der Waals surface area contributed by atoms with Gasteiger partial charge in [-0.3, -0.25) is 4.79 Å². The van der Waals surface area contributed by atoms with Gasteiger partial charge in [-0.25, -0.2) is 4.98 Å². The van der Waals surface area contributed by atoms with Crippen LogP contribution in [-0.2, 0) is 4.79 Å². The first-order chi connectivity index (χ1) is 10.3. The third kappa shape index (κ3) is 2.38. The molecule has 5 nitrogen and oxygen atoms in total. The number of nitrogens with zero attached hydrogens (tertiary/aromatic N) is 3. The van der Waals surface area contributed by atoms with Crippen LogP contribution in [-0.4, -0.2) is 55.1 Å². The zero-order chi connectivity index (χ0) is 14.2. The molecular formula is C15H18N4OS. The van der Waals surface area contributed by atoms with Crippen LogP contribution in [0.3, 0.4) is 0 Å². The van der Waals surface area contributed by atoms with Crippen LogP contribution in [0.5, 0.6) is 0 Å². The fraction of sp³-hybridized carbons (Fsp3) is 0.467. The van der Waals surface area contributed by atoms with E-state index in [1.54, 1.807) is 11.3 Å². The molecule has 1 aromatic heterocycles. The van der Waals surface area contributed by atoms with Crippen LogP contribution in [0.2, 0.25) is 0 Å². The van der Waals surface area contributed by atoms with Crippen molar-refractivity contribution in [1.29, 1.82) is 0 Å². The van der Waals surface area contributed by atoms with Gasteiger partial charge in [0.15, 0.2) is 5.13 Å². The monoisotopic (exact) mass is 302 g/mol. The Kier molecular flexibility index (Phi) is 3.27. The van der Waals surface area contributed by atoms with Crippen molar-refractivity contribution in [3.63, 3.8) is 0 Å². The van der Waals surface area contributed by atoms with E-state index >= 15 is 0 Å². The number of benzene rings is 1. The number of nitrogens with one attached hydrogen (secondary N) is 1. The molecule has 2 aromatic rings. The second-order valence-electron chi connectivity index (χ2n) is 5.63. The molecule has 1 aromatic carbocycles. The smallest absolute Gasteiger partial charge is 0.228 e. The first-order valence-electron chi connectivity index (χ1n) is 7.41. The van der Waals surface area contributed by atoms with Gasteiger partial charge in [-0.2, -0.15) is 0 Å². The zero-order valence-corrected chi connectivity index (χ0v) is 12.6. The Balaban J connectivity index is 1.43. The van der Waals surface area contributed by atoms with Gasteiger partial charge in [0.05, 0.1) is 16.1 Å². The summed E-state index contributed by atoms with van der Waals surface area (Å²) < 4.78 is 1.23. The Labute approximate surface area is 127 Å². The summed E-state index contributed by atoms with van der Waals surface area (Å²) in [6.45, 7) is 5.07. The van der Waals surface area contributed by atoms with Crippen molar-refractivity contribution in [3.8, 4) is 0 Å². The van der Waals surface area contributed by atoms with Crippen LogP contribution < -0.4 is 10.2 Å². The first kappa shape index (κ1) is 13.0. The van der Waals surface area contributed by atoms with Gasteiger partial charge in [-0.1, -0.05) is 23.5 Å². The van der Waals surface area contributed by atoms with Gasteiger partial charge in [0.2, 0.25) is 5.91 Å². The normalized spacial score (nSPS) is 19.8. The summed E-state index contributed by atoms with van der Waals surface area (Å²) in [4.78, 5) is 21.2. The number of rotatable bonds is 2. The van der Waals surface area contributed by atoms with E-state index in [0.717, 1.165) is 49.9 Å². The fourth-order valence-electron chi connectivity index (χ4n) is 2.83. The van der Waals surface area contributed by atoms with Crippen LogP contribution in [0.25, 0.3) is 10.2 Å². The summed E-state index contributed by atoms with van der Waals surface area (Å²) in [5.41, 5.74) is 1.07. The number of thiazole rings is 1. The van der Waals surface area contributed by atoms with Gasteiger partial charge in [0, 0.05) is 39.3 Å². The van der Waals surface area contributed by atoms with Gasteiger partial charge in [-0.05, 0) is 12.1 Å². The number of amides is 1. The molecule has 0 aliphatic carbocycles. The minimum Gasteiger partial charge on any atom is -0.345 e. The van der Waals surface area contributed by atoms with E-state index in [-0.39, 0.29) is 5.92 Å². The first-order valence-corrected chi connectivity index (χ1v) is 8.23. The highest BCUT2D eigenvalue weighted by Gasteiger charge is 2.31. The molecule has 0 unspecified atom stereocenters. The number of anilines is 1. The van der Waals surface area contributed by atoms with Crippen LogP contribution in [0, 0.1) is 5.92 Å². The average Bonchev–Trinajstić information content (AvgIpc) is 2.89. The molecule has 2 saturated heterocycles. The maximum absolute atomic E-state index is 12.2. The van der Waals surface area contributed by atoms with E-state index < -0.39 is 0 Å². The molecule has 1 amide bonds.